The first-order valence-corrected chi connectivity index (χ1v) is 34.0. The number of phosphoric acid groups is 1. The van der Waals surface area contributed by atoms with Crippen LogP contribution >= 0.6 is 7.82 Å². The molecule has 10 heteroatoms. The van der Waals surface area contributed by atoms with Crippen molar-refractivity contribution in [2.24, 2.45) is 0 Å². The Bertz CT molecular complexity index is 1670. The Labute approximate surface area is 488 Å². The Balaban J connectivity index is 5.26. The maximum atomic E-state index is 13.6. The summed E-state index contributed by atoms with van der Waals surface area (Å²) in [5.41, 5.74) is 0. The molecule has 3 unspecified atom stereocenters. The third-order valence-electron chi connectivity index (χ3n) is 14.0. The van der Waals surface area contributed by atoms with Gasteiger partial charge >= 0.3 is 5.97 Å². The molecule has 0 aromatic heterocycles. The van der Waals surface area contributed by atoms with Crippen LogP contribution in [0.25, 0.3) is 0 Å². The van der Waals surface area contributed by atoms with Crippen molar-refractivity contribution in [3.63, 3.8) is 0 Å². The number of nitrogens with one attached hydrogen (secondary N) is 1. The fourth-order valence-corrected chi connectivity index (χ4v) is 9.71. The van der Waals surface area contributed by atoms with Crippen molar-refractivity contribution in [2.75, 3.05) is 40.9 Å². The average molecular weight is 1120 g/mol. The Hall–Kier alpha value is -3.07. The van der Waals surface area contributed by atoms with Gasteiger partial charge in [-0.1, -0.05) is 253 Å². The van der Waals surface area contributed by atoms with Gasteiger partial charge in [0.25, 0.3) is 7.82 Å². The van der Waals surface area contributed by atoms with Gasteiger partial charge in [0.1, 0.15) is 19.3 Å². The number of rotatable bonds is 58. The van der Waals surface area contributed by atoms with Crippen molar-refractivity contribution in [3.8, 4) is 0 Å². The zero-order valence-electron chi connectivity index (χ0n) is 52.1. The minimum absolute atomic E-state index is 0.0299. The van der Waals surface area contributed by atoms with E-state index in [1.807, 2.05) is 33.3 Å². The van der Waals surface area contributed by atoms with Crippen LogP contribution in [0.5, 0.6) is 0 Å². The molecule has 0 saturated heterocycles. The van der Waals surface area contributed by atoms with Crippen LogP contribution in [0.1, 0.15) is 278 Å². The van der Waals surface area contributed by atoms with E-state index in [1.54, 1.807) is 0 Å². The second kappa shape index (κ2) is 58.1. The molecular formula is C69H123N2O7P. The SMILES string of the molecule is CC/C=C\C/C=C\C/C=C\C/C=C\C/C=C\CCCCCCCCCC(=O)OC(/C=C\CCCCCCCCCCCCC)C(COP(=O)([O-])OCC[N+](C)(C)C)NC(=O)CCCCCCCCC/C=C\C/C=C\CCCCC. The fourth-order valence-electron chi connectivity index (χ4n) is 8.99. The number of unbranched alkanes of at least 4 members (excludes halogenated alkanes) is 28. The van der Waals surface area contributed by atoms with E-state index in [1.165, 1.54) is 122 Å². The number of phosphoric ester groups is 1. The third-order valence-corrected chi connectivity index (χ3v) is 15.0. The Kier molecular flexibility index (Phi) is 55.9. The van der Waals surface area contributed by atoms with Crippen LogP contribution in [-0.4, -0.2) is 69.4 Å². The van der Waals surface area contributed by atoms with Gasteiger partial charge in [0.15, 0.2) is 0 Å². The smallest absolute Gasteiger partial charge is 0.306 e. The highest BCUT2D eigenvalue weighted by Crippen LogP contribution is 2.38. The zero-order valence-corrected chi connectivity index (χ0v) is 52.9. The predicted molar refractivity (Wildman–Crippen MR) is 339 cm³/mol. The van der Waals surface area contributed by atoms with Crippen molar-refractivity contribution < 1.29 is 37.3 Å². The van der Waals surface area contributed by atoms with E-state index in [4.69, 9.17) is 13.8 Å². The summed E-state index contributed by atoms with van der Waals surface area (Å²) in [5, 5.41) is 3.03. The molecule has 0 radical (unpaired) electrons. The van der Waals surface area contributed by atoms with E-state index >= 15 is 0 Å². The van der Waals surface area contributed by atoms with Gasteiger partial charge in [-0.25, -0.2) is 0 Å². The lowest BCUT2D eigenvalue weighted by atomic mass is 10.0. The van der Waals surface area contributed by atoms with Gasteiger partial charge < -0.3 is 28.5 Å². The molecule has 0 rings (SSSR count). The van der Waals surface area contributed by atoms with Crippen LogP contribution in [0.2, 0.25) is 0 Å². The van der Waals surface area contributed by atoms with E-state index in [-0.39, 0.29) is 24.9 Å². The zero-order chi connectivity index (χ0) is 57.9. The van der Waals surface area contributed by atoms with E-state index in [2.05, 4.69) is 111 Å². The molecule has 456 valence electrons. The summed E-state index contributed by atoms with van der Waals surface area (Å²) >= 11 is 0. The van der Waals surface area contributed by atoms with Crippen LogP contribution in [0, 0.1) is 0 Å². The molecule has 9 nitrogen and oxygen atoms in total. The van der Waals surface area contributed by atoms with Gasteiger partial charge in [-0.15, -0.1) is 0 Å². The number of amides is 1. The Morgan fingerprint density at radius 1 is 0.456 bits per heavy atom. The van der Waals surface area contributed by atoms with Crippen molar-refractivity contribution in [1.82, 2.24) is 5.32 Å². The van der Waals surface area contributed by atoms with Crippen LogP contribution < -0.4 is 10.2 Å². The summed E-state index contributed by atoms with van der Waals surface area (Å²) < 4.78 is 30.4. The predicted octanol–water partition coefficient (Wildman–Crippen LogP) is 19.7. The first kappa shape index (κ1) is 75.9. The van der Waals surface area contributed by atoms with Crippen molar-refractivity contribution in [3.05, 3.63) is 97.2 Å². The lowest BCUT2D eigenvalue weighted by Gasteiger charge is -2.30. The van der Waals surface area contributed by atoms with Crippen molar-refractivity contribution >= 4 is 19.7 Å². The number of carbonyl (C=O) groups is 2. The van der Waals surface area contributed by atoms with Crippen LogP contribution in [-0.2, 0) is 27.9 Å². The summed E-state index contributed by atoms with van der Waals surface area (Å²) in [7, 11) is 1.16. The Morgan fingerprint density at radius 2 is 0.810 bits per heavy atom. The molecule has 0 aromatic carbocycles. The molecule has 0 saturated carbocycles. The molecule has 0 bridgehead atoms. The normalized spacial score (nSPS) is 14.3. The molecule has 0 aliphatic carbocycles. The molecule has 1 amide bonds. The highest BCUT2D eigenvalue weighted by Gasteiger charge is 2.27. The first-order chi connectivity index (χ1) is 38.4. The standard InChI is InChI=1S/C69H123N2O7P/c1-7-10-13-16-19-22-25-28-30-32-33-34-35-36-37-39-41-44-47-50-53-56-59-62-69(73)78-67(60-57-54-51-48-45-42-27-24-21-18-15-12-9-3)66(65-77-79(74,75)76-64-63-71(4,5)6)70-68(72)61-58-55-52-49-46-43-40-38-31-29-26-23-20-17-14-11-8-2/h10,13,19-20,22-23,28-31,33-34,36-37,57,60,66-67H,7-9,11-12,14-18,21,24-27,32,35,38-56,58-59,61-65H2,1-6H3,(H-,70,72,74,75)/b13-10-,22-19-,23-20-,30-28-,31-29-,34-33-,37-36-,60-57-. The van der Waals surface area contributed by atoms with Gasteiger partial charge in [-0.2, -0.15) is 0 Å². The minimum atomic E-state index is -4.71. The highest BCUT2D eigenvalue weighted by molar-refractivity contribution is 7.45. The quantitative estimate of drug-likeness (QED) is 0.0212. The first-order valence-electron chi connectivity index (χ1n) is 32.5. The summed E-state index contributed by atoms with van der Waals surface area (Å²) in [6.45, 7) is 6.70. The molecule has 0 aliphatic heterocycles. The number of nitrogens with zero attached hydrogens (tertiary/aromatic N) is 1. The van der Waals surface area contributed by atoms with Gasteiger partial charge in [0, 0.05) is 12.8 Å². The van der Waals surface area contributed by atoms with Gasteiger partial charge in [-0.3, -0.25) is 14.2 Å². The second-order valence-corrected chi connectivity index (χ2v) is 24.3. The number of likely N-dealkylation sites (N-methyl/N-ethyl adjacent to an activating group) is 1. The highest BCUT2D eigenvalue weighted by atomic mass is 31.2. The van der Waals surface area contributed by atoms with E-state index in [0.29, 0.717) is 23.9 Å². The average Bonchev–Trinajstić information content (AvgIpc) is 3.41. The molecule has 3 atom stereocenters. The summed E-state index contributed by atoms with van der Waals surface area (Å²) in [5.74, 6) is -0.563. The number of esters is 1. The summed E-state index contributed by atoms with van der Waals surface area (Å²) in [6, 6.07) is -0.903. The fraction of sp³-hybridized carbons (Fsp3) is 0.739. The number of hydrogen-bond donors (Lipinski definition) is 1. The number of ether oxygens (including phenoxy) is 1. The minimum Gasteiger partial charge on any atom is -0.756 e. The van der Waals surface area contributed by atoms with Crippen LogP contribution in [0.3, 0.4) is 0 Å². The molecule has 0 heterocycles. The molecule has 0 aliphatic rings. The van der Waals surface area contributed by atoms with E-state index in [0.717, 1.165) is 116 Å². The van der Waals surface area contributed by atoms with E-state index in [9.17, 15) is 19.0 Å². The van der Waals surface area contributed by atoms with Crippen LogP contribution in [0.15, 0.2) is 97.2 Å². The Morgan fingerprint density at radius 3 is 1.24 bits per heavy atom. The molecule has 0 spiro atoms. The maximum Gasteiger partial charge on any atom is 0.306 e. The molecule has 0 aromatic rings. The lowest BCUT2D eigenvalue weighted by Crippen LogP contribution is -2.47. The summed E-state index contributed by atoms with van der Waals surface area (Å²) in [4.78, 5) is 40.1. The lowest BCUT2D eigenvalue weighted by molar-refractivity contribution is -0.870. The number of quaternary nitrogens is 1. The van der Waals surface area contributed by atoms with Crippen LogP contribution in [0.4, 0.5) is 0 Å². The van der Waals surface area contributed by atoms with Crippen molar-refractivity contribution in [1.29, 1.82) is 0 Å². The largest absolute Gasteiger partial charge is 0.756 e. The monoisotopic (exact) mass is 1120 g/mol. The number of hydrogen-bond acceptors (Lipinski definition) is 7. The van der Waals surface area contributed by atoms with E-state index < -0.39 is 26.6 Å². The second-order valence-electron chi connectivity index (χ2n) is 22.9. The molecule has 79 heavy (non-hydrogen) atoms. The summed E-state index contributed by atoms with van der Waals surface area (Å²) in [6.07, 6.45) is 77.9. The topological polar surface area (TPSA) is 114 Å². The molecule has 1 N–H and O–H groups in total. The molecular weight excluding hydrogens is 1000 g/mol. The number of carbonyl (C=O) groups excluding carboxylic acids is 2. The molecule has 0 fully saturated rings. The van der Waals surface area contributed by atoms with Gasteiger partial charge in [0.2, 0.25) is 5.91 Å². The maximum absolute atomic E-state index is 13.6. The van der Waals surface area contributed by atoms with Crippen molar-refractivity contribution in [2.45, 2.75) is 290 Å². The van der Waals surface area contributed by atoms with Gasteiger partial charge in [-0.05, 0) is 109 Å². The number of allylic oxidation sites excluding steroid dienone is 15. The third kappa shape index (κ3) is 59.4. The van der Waals surface area contributed by atoms with Gasteiger partial charge in [0.05, 0.1) is 33.8 Å².